The van der Waals surface area contributed by atoms with Gasteiger partial charge in [-0.05, 0) is 51.4 Å². The number of benzene rings is 1. The maximum Gasteiger partial charge on any atom is 0.133 e. The summed E-state index contributed by atoms with van der Waals surface area (Å²) in [5, 5.41) is 3.21. The summed E-state index contributed by atoms with van der Waals surface area (Å²) in [6, 6.07) is 3.04. The summed E-state index contributed by atoms with van der Waals surface area (Å²) in [6.07, 6.45) is 2.52. The van der Waals surface area contributed by atoms with Crippen LogP contribution in [-0.2, 0) is 6.54 Å². The van der Waals surface area contributed by atoms with E-state index in [9.17, 15) is 8.78 Å². The van der Waals surface area contributed by atoms with Gasteiger partial charge in [-0.25, -0.2) is 8.78 Å². The fourth-order valence-corrected chi connectivity index (χ4v) is 2.57. The van der Waals surface area contributed by atoms with Crippen molar-refractivity contribution >= 4 is 0 Å². The smallest absolute Gasteiger partial charge is 0.133 e. The third-order valence-corrected chi connectivity index (χ3v) is 3.74. The quantitative estimate of drug-likeness (QED) is 0.883. The first-order valence-corrected chi connectivity index (χ1v) is 6.97. The van der Waals surface area contributed by atoms with E-state index in [0.29, 0.717) is 5.56 Å². The molecule has 106 valence electrons. The monoisotopic (exact) mass is 268 g/mol. The minimum absolute atomic E-state index is 0.147. The number of likely N-dealkylation sites (tertiary alicyclic amines) is 1. The zero-order chi connectivity index (χ0) is 13.8. The summed E-state index contributed by atoms with van der Waals surface area (Å²) in [5.41, 5.74) is 0.638. The van der Waals surface area contributed by atoms with Crippen LogP contribution in [-0.4, -0.2) is 30.6 Å². The van der Waals surface area contributed by atoms with Crippen molar-refractivity contribution in [3.05, 3.63) is 34.9 Å². The van der Waals surface area contributed by atoms with Crippen molar-refractivity contribution < 1.29 is 8.78 Å². The van der Waals surface area contributed by atoms with E-state index in [0.717, 1.165) is 19.6 Å². The van der Waals surface area contributed by atoms with Crippen molar-refractivity contribution in [1.29, 1.82) is 0 Å². The van der Waals surface area contributed by atoms with Crippen molar-refractivity contribution in [2.24, 2.45) is 0 Å². The Kier molecular flexibility index (Phi) is 4.88. The largest absolute Gasteiger partial charge is 0.309 e. The molecular weight excluding hydrogens is 246 g/mol. The molecule has 1 N–H and O–H groups in total. The summed E-state index contributed by atoms with van der Waals surface area (Å²) in [5.74, 6) is -0.898. The van der Waals surface area contributed by atoms with Crippen molar-refractivity contribution in [2.75, 3.05) is 19.6 Å². The summed E-state index contributed by atoms with van der Waals surface area (Å²) in [7, 11) is 0. The molecule has 1 atom stereocenters. The molecule has 1 aromatic carbocycles. The molecular formula is C15H22F2N2. The third kappa shape index (κ3) is 3.74. The predicted octanol–water partition coefficient (Wildman–Crippen LogP) is 2.85. The highest BCUT2D eigenvalue weighted by molar-refractivity contribution is 5.26. The number of halogens is 2. The van der Waals surface area contributed by atoms with E-state index in [1.54, 1.807) is 6.92 Å². The average molecular weight is 268 g/mol. The van der Waals surface area contributed by atoms with Crippen LogP contribution in [0.2, 0.25) is 0 Å². The first-order chi connectivity index (χ1) is 9.08. The van der Waals surface area contributed by atoms with Crippen LogP contribution in [0.25, 0.3) is 0 Å². The van der Waals surface area contributed by atoms with Crippen molar-refractivity contribution in [3.8, 4) is 0 Å². The van der Waals surface area contributed by atoms with Crippen molar-refractivity contribution in [3.63, 3.8) is 0 Å². The van der Waals surface area contributed by atoms with Crippen LogP contribution in [0.3, 0.4) is 0 Å². The molecule has 19 heavy (non-hydrogen) atoms. The molecule has 0 aliphatic carbocycles. The van der Waals surface area contributed by atoms with Gasteiger partial charge < -0.3 is 10.2 Å². The first kappa shape index (κ1) is 14.4. The zero-order valence-electron chi connectivity index (χ0n) is 11.7. The molecule has 0 spiro atoms. The molecule has 0 radical (unpaired) electrons. The van der Waals surface area contributed by atoms with Gasteiger partial charge in [-0.2, -0.15) is 0 Å². The molecule has 1 aromatic rings. The second-order valence-corrected chi connectivity index (χ2v) is 5.45. The molecule has 1 aliphatic rings. The standard InChI is InChI=1S/C15H22F2N2/c1-11-5-6-14(16)13(15(11)17)9-18-12(2)10-19-7-3-4-8-19/h5-6,12,18H,3-4,7-10H2,1-2H3. The highest BCUT2D eigenvalue weighted by atomic mass is 19.1. The van der Waals surface area contributed by atoms with Crippen LogP contribution in [0.4, 0.5) is 8.78 Å². The lowest BCUT2D eigenvalue weighted by Gasteiger charge is -2.21. The predicted molar refractivity (Wildman–Crippen MR) is 73.1 cm³/mol. The number of rotatable bonds is 5. The molecule has 1 unspecified atom stereocenters. The van der Waals surface area contributed by atoms with Crippen LogP contribution in [0.15, 0.2) is 12.1 Å². The van der Waals surface area contributed by atoms with Gasteiger partial charge in [0.2, 0.25) is 0 Å². The van der Waals surface area contributed by atoms with Crippen LogP contribution in [0.5, 0.6) is 0 Å². The maximum absolute atomic E-state index is 13.8. The van der Waals surface area contributed by atoms with Gasteiger partial charge in [0, 0.05) is 24.7 Å². The Morgan fingerprint density at radius 1 is 1.26 bits per heavy atom. The van der Waals surface area contributed by atoms with Gasteiger partial charge in [0.05, 0.1) is 0 Å². The Labute approximate surface area is 113 Å². The lowest BCUT2D eigenvalue weighted by atomic mass is 10.1. The number of nitrogens with one attached hydrogen (secondary N) is 1. The molecule has 1 heterocycles. The Bertz CT molecular complexity index is 428. The molecule has 0 bridgehead atoms. The van der Waals surface area contributed by atoms with Gasteiger partial charge in [0.1, 0.15) is 11.6 Å². The minimum atomic E-state index is -0.469. The van der Waals surface area contributed by atoms with E-state index >= 15 is 0 Å². The molecule has 4 heteroatoms. The highest BCUT2D eigenvalue weighted by Gasteiger charge is 2.16. The summed E-state index contributed by atoms with van der Waals surface area (Å²) in [4.78, 5) is 2.39. The van der Waals surface area contributed by atoms with E-state index in [1.165, 1.54) is 25.0 Å². The molecule has 1 saturated heterocycles. The number of aryl methyl sites for hydroxylation is 1. The van der Waals surface area contributed by atoms with Gasteiger partial charge in [-0.1, -0.05) is 6.07 Å². The molecule has 0 aromatic heterocycles. The van der Waals surface area contributed by atoms with E-state index in [2.05, 4.69) is 17.1 Å². The second kappa shape index (κ2) is 6.44. The SMILES string of the molecule is Cc1ccc(F)c(CNC(C)CN2CCCC2)c1F. The lowest BCUT2D eigenvalue weighted by Crippen LogP contribution is -2.37. The lowest BCUT2D eigenvalue weighted by molar-refractivity contribution is 0.297. The fourth-order valence-electron chi connectivity index (χ4n) is 2.57. The zero-order valence-corrected chi connectivity index (χ0v) is 11.7. The topological polar surface area (TPSA) is 15.3 Å². The molecule has 2 rings (SSSR count). The van der Waals surface area contributed by atoms with Crippen LogP contribution >= 0.6 is 0 Å². The maximum atomic E-state index is 13.8. The Morgan fingerprint density at radius 2 is 1.95 bits per heavy atom. The number of hydrogen-bond donors (Lipinski definition) is 1. The van der Waals surface area contributed by atoms with Gasteiger partial charge in [0.25, 0.3) is 0 Å². The van der Waals surface area contributed by atoms with Crippen molar-refractivity contribution in [2.45, 2.75) is 39.3 Å². The molecule has 1 fully saturated rings. The summed E-state index contributed by atoms with van der Waals surface area (Å²) >= 11 is 0. The third-order valence-electron chi connectivity index (χ3n) is 3.74. The molecule has 0 saturated carbocycles. The number of hydrogen-bond acceptors (Lipinski definition) is 2. The van der Waals surface area contributed by atoms with E-state index in [1.807, 2.05) is 0 Å². The van der Waals surface area contributed by atoms with Gasteiger partial charge in [-0.3, -0.25) is 0 Å². The number of nitrogens with zero attached hydrogens (tertiary/aromatic N) is 1. The van der Waals surface area contributed by atoms with Gasteiger partial charge in [-0.15, -0.1) is 0 Å². The van der Waals surface area contributed by atoms with E-state index < -0.39 is 11.6 Å². The Morgan fingerprint density at radius 3 is 2.63 bits per heavy atom. The Hall–Kier alpha value is -1.00. The van der Waals surface area contributed by atoms with Gasteiger partial charge >= 0.3 is 0 Å². The van der Waals surface area contributed by atoms with Gasteiger partial charge in [0.15, 0.2) is 0 Å². The van der Waals surface area contributed by atoms with Crippen LogP contribution in [0, 0.1) is 18.6 Å². The Balaban J connectivity index is 1.89. The second-order valence-electron chi connectivity index (χ2n) is 5.45. The van der Waals surface area contributed by atoms with E-state index in [-0.39, 0.29) is 18.2 Å². The molecule has 0 amide bonds. The first-order valence-electron chi connectivity index (χ1n) is 6.97. The van der Waals surface area contributed by atoms with Crippen LogP contribution < -0.4 is 5.32 Å². The molecule has 2 nitrogen and oxygen atoms in total. The van der Waals surface area contributed by atoms with Crippen LogP contribution in [0.1, 0.15) is 30.9 Å². The summed E-state index contributed by atoms with van der Waals surface area (Å²) in [6.45, 7) is 7.18. The fraction of sp³-hybridized carbons (Fsp3) is 0.600. The normalized spacial score (nSPS) is 17.9. The average Bonchev–Trinajstić information content (AvgIpc) is 2.87. The molecule has 1 aliphatic heterocycles. The highest BCUT2D eigenvalue weighted by Crippen LogP contribution is 2.16. The van der Waals surface area contributed by atoms with Crippen molar-refractivity contribution in [1.82, 2.24) is 10.2 Å². The van der Waals surface area contributed by atoms with E-state index in [4.69, 9.17) is 0 Å². The minimum Gasteiger partial charge on any atom is -0.309 e. The summed E-state index contributed by atoms with van der Waals surface area (Å²) < 4.78 is 27.4.